The molecule has 0 amide bonds. The van der Waals surface area contributed by atoms with Gasteiger partial charge in [-0.05, 0) is 44.5 Å². The van der Waals surface area contributed by atoms with Crippen LogP contribution in [0.3, 0.4) is 0 Å². The van der Waals surface area contributed by atoms with Crippen molar-refractivity contribution in [2.45, 2.75) is 26.9 Å². The molecule has 1 atom stereocenters. The molecule has 0 aliphatic heterocycles. The summed E-state index contributed by atoms with van der Waals surface area (Å²) in [6.45, 7) is 6.43. The molecule has 1 unspecified atom stereocenters. The molecule has 0 aliphatic rings. The van der Waals surface area contributed by atoms with Crippen LogP contribution in [0.1, 0.15) is 19.4 Å². The number of nitrogens with zero attached hydrogens (tertiary/aromatic N) is 1. The Labute approximate surface area is 257 Å². The summed E-state index contributed by atoms with van der Waals surface area (Å²) in [5.74, 6) is 0. The molecule has 0 aliphatic carbocycles. The lowest BCUT2D eigenvalue weighted by Crippen LogP contribution is -2.74. The summed E-state index contributed by atoms with van der Waals surface area (Å²) in [6.07, 6.45) is -0.355. The molecule has 0 saturated carbocycles. The Morgan fingerprint density at radius 3 is 1.37 bits per heavy atom. The summed E-state index contributed by atoms with van der Waals surface area (Å²) < 4.78 is 25.1. The van der Waals surface area contributed by atoms with Crippen molar-refractivity contribution in [2.75, 3.05) is 23.4 Å². The molecule has 5 nitrogen and oxygen atoms in total. The molecule has 0 fully saturated rings. The first-order chi connectivity index (χ1) is 20.7. The lowest BCUT2D eigenvalue weighted by molar-refractivity contribution is 0.555. The third-order valence-corrected chi connectivity index (χ3v) is 8.75. The number of nitrogens with one attached hydrogen (secondary N) is 1. The van der Waals surface area contributed by atoms with Crippen LogP contribution in [0.5, 0.6) is 0 Å². The fourth-order valence-electron chi connectivity index (χ4n) is 6.01. The predicted octanol–water partition coefficient (Wildman–Crippen LogP) is 4.36. The molecular formula is C36H41BN3O2S-. The minimum atomic E-state index is -3.22. The highest BCUT2D eigenvalue weighted by molar-refractivity contribution is 7.88. The van der Waals surface area contributed by atoms with Crippen LogP contribution in [-0.4, -0.2) is 33.5 Å². The normalized spacial score (nSPS) is 12.1. The number of aryl methyl sites for hydroxylation is 1. The largest absolute Gasteiger partial charge is 0.399 e. The summed E-state index contributed by atoms with van der Waals surface area (Å²) in [6, 6.07) is 49.2. The number of hydrogen-bond donors (Lipinski definition) is 2. The Morgan fingerprint density at radius 1 is 0.698 bits per heavy atom. The molecule has 0 heterocycles. The van der Waals surface area contributed by atoms with E-state index in [1.165, 1.54) is 21.9 Å². The predicted molar refractivity (Wildman–Crippen MR) is 186 cm³/mol. The van der Waals surface area contributed by atoms with Gasteiger partial charge < -0.3 is 10.6 Å². The van der Waals surface area contributed by atoms with Crippen molar-refractivity contribution in [3.8, 4) is 0 Å². The molecule has 0 aromatic heterocycles. The van der Waals surface area contributed by atoms with Gasteiger partial charge in [-0.2, -0.15) is 26.6 Å². The van der Waals surface area contributed by atoms with Gasteiger partial charge in [0, 0.05) is 17.9 Å². The van der Waals surface area contributed by atoms with Crippen molar-refractivity contribution in [1.29, 1.82) is 0 Å². The van der Waals surface area contributed by atoms with Crippen LogP contribution in [-0.2, 0) is 10.0 Å². The second kappa shape index (κ2) is 14.2. The van der Waals surface area contributed by atoms with E-state index in [0.717, 1.165) is 23.2 Å². The molecule has 5 aromatic rings. The molecule has 5 aromatic carbocycles. The van der Waals surface area contributed by atoms with Crippen molar-refractivity contribution in [3.05, 3.63) is 145 Å². The summed E-state index contributed by atoms with van der Waals surface area (Å²) in [4.78, 5) is 1.97. The SMILES string of the molecule is CCN(c1ccc(N)c(C)c1)C(C)NS(C)(=O)=O.c1ccc([B-](c2ccccc2)(c2ccccc2)c2ccccc2)cc1. The van der Waals surface area contributed by atoms with Gasteiger partial charge in [0.05, 0.1) is 12.4 Å². The third kappa shape index (κ3) is 7.55. The number of sulfonamides is 1. The minimum Gasteiger partial charge on any atom is -0.399 e. The highest BCUT2D eigenvalue weighted by Crippen LogP contribution is 2.22. The standard InChI is InChI=1S/C24H20B.C12H21N3O2S/c1-5-13-21(14-6-1)25(22-15-7-2-8-16-22,23-17-9-3-10-18-23)24-19-11-4-12-20-24;1-5-15(10(3)14-18(4,16)17)11-6-7-12(13)9(2)8-11/h1-20H;6-8,10,14H,5,13H2,1-4H3/q-1;. The number of nitrogens with two attached hydrogens (primary N) is 1. The molecule has 3 N–H and O–H groups in total. The Kier molecular flexibility index (Phi) is 10.5. The fourth-order valence-corrected chi connectivity index (χ4v) is 6.76. The Hall–Kier alpha value is -4.33. The number of nitrogen functional groups attached to an aromatic ring is 1. The fraction of sp³-hybridized carbons (Fsp3) is 0.167. The van der Waals surface area contributed by atoms with E-state index < -0.39 is 16.2 Å². The highest BCUT2D eigenvalue weighted by Gasteiger charge is 2.31. The molecular weight excluding hydrogens is 549 g/mol. The Morgan fingerprint density at radius 2 is 1.07 bits per heavy atom. The zero-order valence-electron chi connectivity index (χ0n) is 25.4. The molecule has 5 rings (SSSR count). The van der Waals surface area contributed by atoms with Gasteiger partial charge in [0.1, 0.15) is 6.15 Å². The zero-order chi connectivity index (χ0) is 30.9. The monoisotopic (exact) mass is 590 g/mol. The van der Waals surface area contributed by atoms with E-state index in [2.05, 4.69) is 126 Å². The second-order valence-electron chi connectivity index (χ2n) is 10.9. The van der Waals surface area contributed by atoms with Crippen LogP contribution in [0.15, 0.2) is 140 Å². The second-order valence-corrected chi connectivity index (χ2v) is 12.7. The van der Waals surface area contributed by atoms with Gasteiger partial charge in [0.15, 0.2) is 0 Å². The molecule has 43 heavy (non-hydrogen) atoms. The van der Waals surface area contributed by atoms with E-state index in [9.17, 15) is 8.42 Å². The average molecular weight is 591 g/mol. The number of rotatable bonds is 9. The number of hydrogen-bond acceptors (Lipinski definition) is 4. The van der Waals surface area contributed by atoms with Gasteiger partial charge in [0.25, 0.3) is 0 Å². The van der Waals surface area contributed by atoms with Crippen LogP contribution in [0.4, 0.5) is 11.4 Å². The van der Waals surface area contributed by atoms with E-state index in [1.807, 2.05) is 43.9 Å². The van der Waals surface area contributed by atoms with E-state index in [1.54, 1.807) is 0 Å². The first kappa shape index (κ1) is 31.6. The van der Waals surface area contributed by atoms with Gasteiger partial charge in [-0.1, -0.05) is 121 Å². The van der Waals surface area contributed by atoms with Crippen LogP contribution in [0, 0.1) is 6.92 Å². The van der Waals surface area contributed by atoms with Gasteiger partial charge in [0.2, 0.25) is 10.0 Å². The van der Waals surface area contributed by atoms with E-state index >= 15 is 0 Å². The van der Waals surface area contributed by atoms with Crippen LogP contribution >= 0.6 is 0 Å². The zero-order valence-corrected chi connectivity index (χ0v) is 26.2. The summed E-state index contributed by atoms with van der Waals surface area (Å²) in [5, 5.41) is 0. The highest BCUT2D eigenvalue weighted by atomic mass is 32.2. The quantitative estimate of drug-likeness (QED) is 0.152. The van der Waals surface area contributed by atoms with Gasteiger partial charge in [-0.25, -0.2) is 8.42 Å². The van der Waals surface area contributed by atoms with E-state index in [0.29, 0.717) is 6.54 Å². The smallest absolute Gasteiger partial charge is 0.210 e. The number of anilines is 2. The molecule has 7 heteroatoms. The van der Waals surface area contributed by atoms with Crippen molar-refractivity contribution in [3.63, 3.8) is 0 Å². The maximum absolute atomic E-state index is 11.3. The molecule has 0 radical (unpaired) electrons. The lowest BCUT2D eigenvalue weighted by atomic mass is 9.13. The molecule has 0 saturated heterocycles. The lowest BCUT2D eigenvalue weighted by Gasteiger charge is -2.44. The summed E-state index contributed by atoms with van der Waals surface area (Å²) >= 11 is 0. The maximum atomic E-state index is 11.3. The van der Waals surface area contributed by atoms with Gasteiger partial charge in [-0.15, -0.1) is 0 Å². The molecule has 222 valence electrons. The first-order valence-corrected chi connectivity index (χ1v) is 16.5. The third-order valence-electron chi connectivity index (χ3n) is 7.98. The van der Waals surface area contributed by atoms with Crippen LogP contribution in [0.2, 0.25) is 0 Å². The van der Waals surface area contributed by atoms with Gasteiger partial charge >= 0.3 is 0 Å². The molecule has 0 spiro atoms. The summed E-state index contributed by atoms with van der Waals surface area (Å²) in [5.41, 5.74) is 13.8. The van der Waals surface area contributed by atoms with Crippen LogP contribution < -0.4 is 37.2 Å². The van der Waals surface area contributed by atoms with Crippen LogP contribution in [0.25, 0.3) is 0 Å². The first-order valence-electron chi connectivity index (χ1n) is 14.6. The number of benzene rings is 5. The minimum absolute atomic E-state index is 0.298. The van der Waals surface area contributed by atoms with Crippen molar-refractivity contribution in [1.82, 2.24) is 4.72 Å². The van der Waals surface area contributed by atoms with Crippen molar-refractivity contribution in [2.24, 2.45) is 0 Å². The summed E-state index contributed by atoms with van der Waals surface area (Å²) in [7, 11) is -3.22. The van der Waals surface area contributed by atoms with E-state index in [4.69, 9.17) is 5.73 Å². The average Bonchev–Trinajstić information content (AvgIpc) is 3.01. The maximum Gasteiger partial charge on any atom is 0.210 e. The van der Waals surface area contributed by atoms with Crippen molar-refractivity contribution >= 4 is 49.4 Å². The topological polar surface area (TPSA) is 75.4 Å². The Balaban J connectivity index is 0.000000209. The van der Waals surface area contributed by atoms with Crippen molar-refractivity contribution < 1.29 is 8.42 Å². The molecule has 0 bridgehead atoms. The van der Waals surface area contributed by atoms with Gasteiger partial charge in [-0.3, -0.25) is 0 Å². The Bertz CT molecular complexity index is 1520. The van der Waals surface area contributed by atoms with E-state index in [-0.39, 0.29) is 6.17 Å².